The summed E-state index contributed by atoms with van der Waals surface area (Å²) in [5.41, 5.74) is -0.920. The van der Waals surface area contributed by atoms with Gasteiger partial charge in [0.2, 0.25) is 0 Å². The van der Waals surface area contributed by atoms with Gasteiger partial charge in [0.25, 0.3) is 5.91 Å². The number of rotatable bonds is 7. The third-order valence-corrected chi connectivity index (χ3v) is 4.68. The molecule has 1 aromatic carbocycles. The van der Waals surface area contributed by atoms with Crippen molar-refractivity contribution in [1.29, 1.82) is 0 Å². The summed E-state index contributed by atoms with van der Waals surface area (Å²) in [6.07, 6.45) is -4.59. The summed E-state index contributed by atoms with van der Waals surface area (Å²) in [5, 5.41) is 2.77. The number of nitrogens with zero attached hydrogens (tertiary/aromatic N) is 1. The second-order valence-electron chi connectivity index (χ2n) is 5.36. The van der Waals surface area contributed by atoms with Gasteiger partial charge in [-0.1, -0.05) is 11.6 Å². The van der Waals surface area contributed by atoms with Crippen molar-refractivity contribution in [2.45, 2.75) is 24.2 Å². The van der Waals surface area contributed by atoms with E-state index in [0.717, 1.165) is 17.8 Å². The number of alkyl halides is 3. The predicted molar refractivity (Wildman–Crippen MR) is 94.5 cm³/mol. The molecule has 0 radical (unpaired) electrons. The van der Waals surface area contributed by atoms with Crippen LogP contribution in [0.2, 0.25) is 5.02 Å². The highest BCUT2D eigenvalue weighted by Crippen LogP contribution is 2.33. The Morgan fingerprint density at radius 3 is 2.59 bits per heavy atom. The van der Waals surface area contributed by atoms with E-state index in [2.05, 4.69) is 10.3 Å². The standard InChI is InChI=1S/C17H15ClF4N2O2S/c1-10(26-13-4-2-12(19)3-5-13)15(25)23-6-7-27-16-14(18)8-11(9-24-16)17(20,21)22/h2-5,8-10H,6-7H2,1H3,(H,23,25). The second kappa shape index (κ2) is 9.27. The number of hydrogen-bond donors (Lipinski definition) is 1. The molecule has 0 aliphatic rings. The zero-order valence-electron chi connectivity index (χ0n) is 14.0. The van der Waals surface area contributed by atoms with Gasteiger partial charge in [0.05, 0.1) is 10.6 Å². The molecule has 1 aromatic heterocycles. The average Bonchev–Trinajstić information content (AvgIpc) is 2.60. The molecule has 10 heteroatoms. The van der Waals surface area contributed by atoms with Gasteiger partial charge in [0.1, 0.15) is 16.6 Å². The van der Waals surface area contributed by atoms with Gasteiger partial charge in [0.15, 0.2) is 6.10 Å². The van der Waals surface area contributed by atoms with Gasteiger partial charge < -0.3 is 10.1 Å². The van der Waals surface area contributed by atoms with Crippen molar-refractivity contribution in [3.63, 3.8) is 0 Å². The highest BCUT2D eigenvalue weighted by atomic mass is 35.5. The van der Waals surface area contributed by atoms with Crippen LogP contribution in [0.15, 0.2) is 41.6 Å². The largest absolute Gasteiger partial charge is 0.481 e. The monoisotopic (exact) mass is 422 g/mol. The molecule has 0 aliphatic heterocycles. The first kappa shape index (κ1) is 21.3. The minimum absolute atomic E-state index is 0.103. The fourth-order valence-corrected chi connectivity index (χ4v) is 2.97. The van der Waals surface area contributed by atoms with Gasteiger partial charge in [-0.2, -0.15) is 13.2 Å². The number of aromatic nitrogens is 1. The Hall–Kier alpha value is -2.00. The number of benzene rings is 1. The molecule has 0 saturated carbocycles. The summed E-state index contributed by atoms with van der Waals surface area (Å²) in [7, 11) is 0. The summed E-state index contributed by atoms with van der Waals surface area (Å²) in [4.78, 5) is 15.7. The molecular formula is C17H15ClF4N2O2S. The maximum atomic E-state index is 12.8. The lowest BCUT2D eigenvalue weighted by atomic mass is 10.3. The van der Waals surface area contributed by atoms with E-state index in [9.17, 15) is 22.4 Å². The number of carbonyl (C=O) groups is 1. The molecule has 0 bridgehead atoms. The minimum Gasteiger partial charge on any atom is -0.481 e. The lowest BCUT2D eigenvalue weighted by Crippen LogP contribution is -2.37. The predicted octanol–water partition coefficient (Wildman–Crippen LogP) is 4.57. The van der Waals surface area contributed by atoms with E-state index < -0.39 is 23.7 Å². The maximum absolute atomic E-state index is 12.8. The van der Waals surface area contributed by atoms with Crippen LogP contribution in [0.5, 0.6) is 5.75 Å². The first-order chi connectivity index (χ1) is 12.7. The Balaban J connectivity index is 1.77. The average molecular weight is 423 g/mol. The molecule has 1 N–H and O–H groups in total. The lowest BCUT2D eigenvalue weighted by Gasteiger charge is -2.14. The molecular weight excluding hydrogens is 408 g/mol. The van der Waals surface area contributed by atoms with E-state index in [4.69, 9.17) is 16.3 Å². The Morgan fingerprint density at radius 2 is 2.00 bits per heavy atom. The van der Waals surface area contributed by atoms with Crippen LogP contribution in [-0.2, 0) is 11.0 Å². The molecule has 0 aliphatic carbocycles. The van der Waals surface area contributed by atoms with Gasteiger partial charge in [-0.3, -0.25) is 4.79 Å². The number of ether oxygens (including phenoxy) is 1. The number of thioether (sulfide) groups is 1. The molecule has 1 unspecified atom stereocenters. The molecule has 0 fully saturated rings. The van der Waals surface area contributed by atoms with Crippen LogP contribution in [0.4, 0.5) is 17.6 Å². The zero-order valence-corrected chi connectivity index (χ0v) is 15.6. The summed E-state index contributed by atoms with van der Waals surface area (Å²) >= 11 is 6.93. The topological polar surface area (TPSA) is 51.2 Å². The van der Waals surface area contributed by atoms with Gasteiger partial charge in [-0.05, 0) is 37.3 Å². The molecule has 0 spiro atoms. The second-order valence-corrected chi connectivity index (χ2v) is 6.85. The van der Waals surface area contributed by atoms with Crippen LogP contribution in [0.1, 0.15) is 12.5 Å². The molecule has 2 aromatic rings. The van der Waals surface area contributed by atoms with Crippen LogP contribution in [0, 0.1) is 5.82 Å². The quantitative estimate of drug-likeness (QED) is 0.403. The highest BCUT2D eigenvalue weighted by Gasteiger charge is 2.31. The Kier molecular flexibility index (Phi) is 7.32. The molecule has 146 valence electrons. The fourth-order valence-electron chi connectivity index (χ4n) is 1.92. The lowest BCUT2D eigenvalue weighted by molar-refractivity contribution is -0.137. The SMILES string of the molecule is CC(Oc1ccc(F)cc1)C(=O)NCCSc1ncc(C(F)(F)F)cc1Cl. The van der Waals surface area contributed by atoms with Gasteiger partial charge in [-0.25, -0.2) is 9.37 Å². The van der Waals surface area contributed by atoms with E-state index >= 15 is 0 Å². The van der Waals surface area contributed by atoms with E-state index in [1.807, 2.05) is 0 Å². The first-order valence-electron chi connectivity index (χ1n) is 7.72. The molecule has 27 heavy (non-hydrogen) atoms. The van der Waals surface area contributed by atoms with E-state index in [-0.39, 0.29) is 22.5 Å². The molecule has 4 nitrogen and oxygen atoms in total. The maximum Gasteiger partial charge on any atom is 0.417 e. The molecule has 1 atom stereocenters. The molecule has 1 heterocycles. The number of carbonyl (C=O) groups excluding carboxylic acids is 1. The third-order valence-electron chi connectivity index (χ3n) is 3.27. The van der Waals surface area contributed by atoms with Gasteiger partial charge in [-0.15, -0.1) is 11.8 Å². The highest BCUT2D eigenvalue weighted by molar-refractivity contribution is 7.99. The van der Waals surface area contributed by atoms with Crippen LogP contribution in [0.25, 0.3) is 0 Å². The van der Waals surface area contributed by atoms with Crippen molar-refractivity contribution in [3.8, 4) is 5.75 Å². The molecule has 1 amide bonds. The number of nitrogens with one attached hydrogen (secondary N) is 1. The van der Waals surface area contributed by atoms with E-state index in [1.54, 1.807) is 6.92 Å². The number of halogens is 5. The van der Waals surface area contributed by atoms with Gasteiger partial charge >= 0.3 is 6.18 Å². The summed E-state index contributed by atoms with van der Waals surface area (Å²) < 4.78 is 55.9. The van der Waals surface area contributed by atoms with Gasteiger partial charge in [0, 0.05) is 18.5 Å². The number of amides is 1. The Labute approximate surface area is 162 Å². The Morgan fingerprint density at radius 1 is 1.33 bits per heavy atom. The van der Waals surface area contributed by atoms with Crippen LogP contribution >= 0.6 is 23.4 Å². The summed E-state index contributed by atoms with van der Waals surface area (Å²) in [6, 6.07) is 6.07. The van der Waals surface area contributed by atoms with Crippen LogP contribution in [0.3, 0.4) is 0 Å². The van der Waals surface area contributed by atoms with E-state index in [1.165, 1.54) is 24.3 Å². The smallest absolute Gasteiger partial charge is 0.417 e. The van der Waals surface area contributed by atoms with Crippen molar-refractivity contribution >= 4 is 29.3 Å². The molecule has 2 rings (SSSR count). The number of pyridine rings is 1. The van der Waals surface area contributed by atoms with Crippen molar-refractivity contribution in [2.24, 2.45) is 0 Å². The summed E-state index contributed by atoms with van der Waals surface area (Å²) in [5.74, 6) is -0.0832. The van der Waals surface area contributed by atoms with Crippen molar-refractivity contribution in [3.05, 3.63) is 52.9 Å². The van der Waals surface area contributed by atoms with Crippen molar-refractivity contribution in [1.82, 2.24) is 10.3 Å². The molecule has 0 saturated heterocycles. The van der Waals surface area contributed by atoms with Crippen molar-refractivity contribution < 1.29 is 27.1 Å². The first-order valence-corrected chi connectivity index (χ1v) is 9.08. The summed E-state index contributed by atoms with van der Waals surface area (Å²) in [6.45, 7) is 1.78. The Bertz CT molecular complexity index is 787. The van der Waals surface area contributed by atoms with Crippen LogP contribution in [-0.4, -0.2) is 29.3 Å². The van der Waals surface area contributed by atoms with E-state index in [0.29, 0.717) is 17.7 Å². The normalized spacial score (nSPS) is 12.5. The van der Waals surface area contributed by atoms with Crippen molar-refractivity contribution in [2.75, 3.05) is 12.3 Å². The third kappa shape index (κ3) is 6.59. The minimum atomic E-state index is -4.51. The number of hydrogen-bond acceptors (Lipinski definition) is 4. The zero-order chi connectivity index (χ0) is 20.0. The van der Waals surface area contributed by atoms with Crippen LogP contribution < -0.4 is 10.1 Å². The fraction of sp³-hybridized carbons (Fsp3) is 0.294.